The molecule has 0 spiro atoms. The van der Waals surface area contributed by atoms with Crippen LogP contribution < -0.4 is 0 Å². The highest BCUT2D eigenvalue weighted by atomic mass is 16.6. The molecule has 63 heavy (non-hydrogen) atoms. The first-order valence-corrected chi connectivity index (χ1v) is 17.9. The fourth-order valence-electron chi connectivity index (χ4n) is 3.70. The summed E-state index contributed by atoms with van der Waals surface area (Å²) in [6.07, 6.45) is -0.877. The van der Waals surface area contributed by atoms with E-state index in [0.29, 0.717) is 0 Å². The Morgan fingerprint density at radius 1 is 0.286 bits per heavy atom. The van der Waals surface area contributed by atoms with Crippen LogP contribution in [0.4, 0.5) is 0 Å². The highest BCUT2D eigenvalue weighted by molar-refractivity contribution is 5.71. The number of hydrogen-bond donors (Lipinski definition) is 0. The summed E-state index contributed by atoms with van der Waals surface area (Å²) < 4.78 is 80.1. The number of ether oxygens (including phenoxy) is 15. The van der Waals surface area contributed by atoms with Crippen molar-refractivity contribution in [2.75, 3.05) is 159 Å². The molecule has 0 atom stereocenters. The maximum Gasteiger partial charge on any atom is 0.332 e. The summed E-state index contributed by atoms with van der Waals surface area (Å²) >= 11 is 0. The molecule has 0 fully saturated rings. The van der Waals surface area contributed by atoms with Crippen molar-refractivity contribution in [3.63, 3.8) is 0 Å². The van der Waals surface area contributed by atoms with E-state index < -0.39 is 36.1 Å². The molecule has 0 aliphatic rings. The Balaban J connectivity index is -0.000000300. The Kier molecular flexibility index (Phi) is 95.0. The van der Waals surface area contributed by atoms with E-state index in [0.717, 1.165) is 0 Å². The predicted molar refractivity (Wildman–Crippen MR) is 251 cm³/mol. The number of carbonyl (C=O) groups excluding carboxylic acids is 4. The highest BCUT2D eigenvalue weighted by Gasteiger charge is 2.13. The highest BCUT2D eigenvalue weighted by Crippen LogP contribution is 2.00. The molecule has 0 saturated carbocycles. The fourth-order valence-corrected chi connectivity index (χ4v) is 3.70. The van der Waals surface area contributed by atoms with E-state index >= 15 is 0 Å². The van der Waals surface area contributed by atoms with Gasteiger partial charge in [-0.05, 0) is 27.7 Å². The number of hydrogen-bond acceptors (Lipinski definition) is 19. The molecule has 392 valence electrons. The predicted octanol–water partition coefficient (Wildman–Crippen LogP) is 6.52. The first-order valence-electron chi connectivity index (χ1n) is 17.9. The van der Waals surface area contributed by atoms with Crippen LogP contribution in [0.1, 0.15) is 102 Å². The number of carbonyl (C=O) groups is 4. The molecular formula is C44H102O19. The molecule has 0 aromatic rings. The van der Waals surface area contributed by atoms with E-state index in [9.17, 15) is 19.2 Å². The Hall–Kier alpha value is -2.56. The summed E-state index contributed by atoms with van der Waals surface area (Å²) in [5.41, 5.74) is 0. The maximum atomic E-state index is 11.4. The lowest BCUT2D eigenvalue weighted by Gasteiger charge is -2.19. The molecule has 0 rings (SSSR count). The topological polar surface area (TPSA) is 207 Å². The van der Waals surface area contributed by atoms with E-state index in [-0.39, 0.29) is 233 Å². The molecule has 0 heterocycles. The average Bonchev–Trinajstić information content (AvgIpc) is 3.13. The summed E-state index contributed by atoms with van der Waals surface area (Å²) in [5, 5.41) is 0. The van der Waals surface area contributed by atoms with Crippen molar-refractivity contribution in [2.24, 2.45) is 0 Å². The van der Waals surface area contributed by atoms with Gasteiger partial charge in [0.25, 0.3) is 0 Å². The van der Waals surface area contributed by atoms with Crippen molar-refractivity contribution in [3.05, 3.63) is 0 Å². The van der Waals surface area contributed by atoms with Crippen molar-refractivity contribution < 1.29 is 90.2 Å². The van der Waals surface area contributed by atoms with Gasteiger partial charge in [-0.2, -0.15) is 0 Å². The van der Waals surface area contributed by atoms with Crippen LogP contribution in [0.15, 0.2) is 0 Å². The van der Waals surface area contributed by atoms with Gasteiger partial charge in [0, 0.05) is 0 Å². The van der Waals surface area contributed by atoms with Crippen LogP contribution >= 0.6 is 0 Å². The summed E-state index contributed by atoms with van der Waals surface area (Å²) in [6, 6.07) is 0. The van der Waals surface area contributed by atoms with Crippen molar-refractivity contribution in [1.29, 1.82) is 0 Å². The SMILES string of the molecule is C.C.C.C.C.C.C.C.C.C.CCOC(=O)COCCOCC(COCCOCC(=O)OCC)OCCOCCOC(COCCOCC(=O)OCC)COCCOCC(=O)OCC. The number of esters is 4. The molecule has 0 aliphatic carbocycles. The van der Waals surface area contributed by atoms with Crippen LogP contribution in [0.3, 0.4) is 0 Å². The third-order valence-corrected chi connectivity index (χ3v) is 5.97. The first-order chi connectivity index (χ1) is 25.9. The zero-order valence-electron chi connectivity index (χ0n) is 31.9. The molecule has 0 saturated heterocycles. The summed E-state index contributed by atoms with van der Waals surface area (Å²) in [4.78, 5) is 45.5. The van der Waals surface area contributed by atoms with E-state index in [1.807, 2.05) is 0 Å². The lowest BCUT2D eigenvalue weighted by atomic mass is 10.4. The fraction of sp³-hybridized carbons (Fsp3) is 0.909. The largest absolute Gasteiger partial charge is 0.464 e. The van der Waals surface area contributed by atoms with Gasteiger partial charge in [-0.3, -0.25) is 0 Å². The van der Waals surface area contributed by atoms with Crippen molar-refractivity contribution in [2.45, 2.75) is 114 Å². The van der Waals surface area contributed by atoms with Gasteiger partial charge in [0.2, 0.25) is 0 Å². The van der Waals surface area contributed by atoms with E-state index in [1.54, 1.807) is 27.7 Å². The molecule has 0 amide bonds. The van der Waals surface area contributed by atoms with Gasteiger partial charge < -0.3 is 71.1 Å². The van der Waals surface area contributed by atoms with Gasteiger partial charge in [0.15, 0.2) is 0 Å². The molecule has 0 aromatic carbocycles. The van der Waals surface area contributed by atoms with Crippen molar-refractivity contribution in [1.82, 2.24) is 0 Å². The molecule has 0 unspecified atom stereocenters. The lowest BCUT2D eigenvalue weighted by molar-refractivity contribution is -0.150. The second kappa shape index (κ2) is 68.5. The van der Waals surface area contributed by atoms with Crippen LogP contribution in [0.2, 0.25) is 0 Å². The standard InChI is InChI=1S/C34H62O19.10CH4/c1-5-48-31(35)25-44-13-9-40-21-29(22-41-10-14-45-26-32(36)49-6-2)52-19-17-39-18-20-53-30(23-42-11-15-46-27-33(37)50-7-3)24-43-12-16-47-28-34(38)51-8-4;;;;;;;;;;/h29-30H,5-28H2,1-4H3;10*1H4. The van der Waals surface area contributed by atoms with Crippen molar-refractivity contribution >= 4 is 23.9 Å². The van der Waals surface area contributed by atoms with E-state index in [2.05, 4.69) is 0 Å². The van der Waals surface area contributed by atoms with Crippen LogP contribution in [0.5, 0.6) is 0 Å². The zero-order valence-corrected chi connectivity index (χ0v) is 31.9. The minimum atomic E-state index is -0.445. The average molecular weight is 935 g/mol. The second-order valence-corrected chi connectivity index (χ2v) is 10.3. The van der Waals surface area contributed by atoms with Gasteiger partial charge in [-0.1, -0.05) is 74.3 Å². The molecule has 0 aliphatic heterocycles. The Morgan fingerprint density at radius 2 is 0.476 bits per heavy atom. The minimum absolute atomic E-state index is 0. The van der Waals surface area contributed by atoms with Crippen LogP contribution in [0.25, 0.3) is 0 Å². The quantitative estimate of drug-likeness (QED) is 0.0364. The molecule has 19 nitrogen and oxygen atoms in total. The zero-order chi connectivity index (χ0) is 39.0. The van der Waals surface area contributed by atoms with E-state index in [4.69, 9.17) is 71.1 Å². The molecular weight excluding hydrogens is 832 g/mol. The third-order valence-electron chi connectivity index (χ3n) is 5.97. The Labute approximate surface area is 386 Å². The molecule has 0 N–H and O–H groups in total. The number of rotatable bonds is 40. The summed E-state index contributed by atoms with van der Waals surface area (Å²) in [6.45, 7) is 10.8. The van der Waals surface area contributed by atoms with Gasteiger partial charge in [0.05, 0.1) is 132 Å². The van der Waals surface area contributed by atoms with Gasteiger partial charge in [-0.15, -0.1) is 0 Å². The Bertz CT molecular complexity index is 755. The normalized spacial score (nSPS) is 9.49. The first kappa shape index (κ1) is 87.4. The molecule has 0 aromatic heterocycles. The molecule has 19 heteroatoms. The van der Waals surface area contributed by atoms with Crippen molar-refractivity contribution in [3.8, 4) is 0 Å². The second-order valence-electron chi connectivity index (χ2n) is 10.3. The lowest BCUT2D eigenvalue weighted by Crippen LogP contribution is -2.30. The molecule has 0 radical (unpaired) electrons. The van der Waals surface area contributed by atoms with E-state index in [1.165, 1.54) is 0 Å². The maximum absolute atomic E-state index is 11.4. The van der Waals surface area contributed by atoms with Gasteiger partial charge >= 0.3 is 23.9 Å². The van der Waals surface area contributed by atoms with Crippen LogP contribution in [0, 0.1) is 0 Å². The van der Waals surface area contributed by atoms with Crippen LogP contribution in [-0.2, 0) is 90.2 Å². The minimum Gasteiger partial charge on any atom is -0.464 e. The molecule has 0 bridgehead atoms. The Morgan fingerprint density at radius 3 is 0.683 bits per heavy atom. The van der Waals surface area contributed by atoms with Gasteiger partial charge in [0.1, 0.15) is 38.6 Å². The van der Waals surface area contributed by atoms with Crippen LogP contribution in [-0.4, -0.2) is 195 Å². The monoisotopic (exact) mass is 935 g/mol. The summed E-state index contributed by atoms with van der Waals surface area (Å²) in [5.74, 6) is -1.78. The third kappa shape index (κ3) is 63.8. The summed E-state index contributed by atoms with van der Waals surface area (Å²) in [7, 11) is 0. The van der Waals surface area contributed by atoms with Gasteiger partial charge in [-0.25, -0.2) is 19.2 Å². The smallest absolute Gasteiger partial charge is 0.332 e.